The first-order valence-electron chi connectivity index (χ1n) is 3.94. The van der Waals surface area contributed by atoms with Crippen molar-refractivity contribution in [2.45, 2.75) is 12.2 Å². The molecule has 1 atom stereocenters. The third-order valence-electron chi connectivity index (χ3n) is 1.51. The smallest absolute Gasteiger partial charge is 0.236 e. The van der Waals surface area contributed by atoms with Crippen LogP contribution in [0.3, 0.4) is 0 Å². The SMILES string of the molecule is CC(S)C(=O)Nc1cc(F)cc(Cl)c1. The summed E-state index contributed by atoms with van der Waals surface area (Å²) in [7, 11) is 0. The van der Waals surface area contributed by atoms with Crippen molar-refractivity contribution < 1.29 is 9.18 Å². The zero-order valence-electron chi connectivity index (χ0n) is 7.42. The van der Waals surface area contributed by atoms with Crippen molar-refractivity contribution in [1.82, 2.24) is 0 Å². The summed E-state index contributed by atoms with van der Waals surface area (Å²) in [6.45, 7) is 1.62. The lowest BCUT2D eigenvalue weighted by atomic mass is 10.3. The minimum Gasteiger partial charge on any atom is -0.325 e. The van der Waals surface area contributed by atoms with E-state index in [4.69, 9.17) is 11.6 Å². The second kappa shape index (κ2) is 4.66. The van der Waals surface area contributed by atoms with Gasteiger partial charge in [0.25, 0.3) is 0 Å². The van der Waals surface area contributed by atoms with Crippen LogP contribution in [-0.4, -0.2) is 11.2 Å². The van der Waals surface area contributed by atoms with Gasteiger partial charge in [-0.05, 0) is 25.1 Å². The highest BCUT2D eigenvalue weighted by Gasteiger charge is 2.08. The Bertz CT molecular complexity index is 336. The first-order chi connectivity index (χ1) is 6.49. The van der Waals surface area contributed by atoms with Gasteiger partial charge in [0.15, 0.2) is 0 Å². The lowest BCUT2D eigenvalue weighted by Crippen LogP contribution is -2.20. The monoisotopic (exact) mass is 233 g/mol. The van der Waals surface area contributed by atoms with Gasteiger partial charge in [-0.15, -0.1) is 0 Å². The number of hydrogen-bond acceptors (Lipinski definition) is 2. The van der Waals surface area contributed by atoms with Gasteiger partial charge in [0.1, 0.15) is 5.82 Å². The molecule has 5 heteroatoms. The third kappa shape index (κ3) is 3.20. The van der Waals surface area contributed by atoms with E-state index in [1.54, 1.807) is 6.92 Å². The fourth-order valence-corrected chi connectivity index (χ4v) is 1.16. The minimum absolute atomic E-state index is 0.243. The number of halogens is 2. The highest BCUT2D eigenvalue weighted by atomic mass is 35.5. The van der Waals surface area contributed by atoms with Crippen LogP contribution in [0.4, 0.5) is 10.1 Å². The normalized spacial score (nSPS) is 12.3. The Hall–Kier alpha value is -0.740. The van der Waals surface area contributed by atoms with Crippen LogP contribution in [0.1, 0.15) is 6.92 Å². The average Bonchev–Trinajstić information content (AvgIpc) is 2.01. The van der Waals surface area contributed by atoms with Crippen LogP contribution in [0.25, 0.3) is 0 Å². The van der Waals surface area contributed by atoms with Crippen molar-refractivity contribution in [3.63, 3.8) is 0 Å². The molecule has 1 N–H and O–H groups in total. The number of carbonyl (C=O) groups is 1. The fourth-order valence-electron chi connectivity index (χ4n) is 0.873. The zero-order valence-corrected chi connectivity index (χ0v) is 9.07. The highest BCUT2D eigenvalue weighted by Crippen LogP contribution is 2.18. The molecule has 1 aromatic carbocycles. The number of carbonyl (C=O) groups excluding carboxylic acids is 1. The number of rotatable bonds is 2. The van der Waals surface area contributed by atoms with Gasteiger partial charge in [-0.25, -0.2) is 4.39 Å². The van der Waals surface area contributed by atoms with Gasteiger partial charge in [-0.1, -0.05) is 11.6 Å². The maximum atomic E-state index is 12.8. The van der Waals surface area contributed by atoms with E-state index in [9.17, 15) is 9.18 Å². The van der Waals surface area contributed by atoms with E-state index in [1.165, 1.54) is 18.2 Å². The molecule has 14 heavy (non-hydrogen) atoms. The van der Waals surface area contributed by atoms with Gasteiger partial charge in [-0.2, -0.15) is 12.6 Å². The van der Waals surface area contributed by atoms with Crippen LogP contribution in [0.5, 0.6) is 0 Å². The second-order valence-electron chi connectivity index (χ2n) is 2.82. The predicted molar refractivity (Wildman–Crippen MR) is 58.5 cm³/mol. The van der Waals surface area contributed by atoms with E-state index < -0.39 is 11.1 Å². The first-order valence-corrected chi connectivity index (χ1v) is 4.83. The molecule has 0 aliphatic heterocycles. The molecule has 0 aliphatic rings. The Morgan fingerprint density at radius 3 is 2.71 bits per heavy atom. The summed E-state index contributed by atoms with van der Waals surface area (Å²) in [4.78, 5) is 11.2. The quantitative estimate of drug-likeness (QED) is 0.756. The van der Waals surface area contributed by atoms with E-state index in [0.29, 0.717) is 5.69 Å². The van der Waals surface area contributed by atoms with Crippen LogP contribution >= 0.6 is 24.2 Å². The van der Waals surface area contributed by atoms with E-state index in [1.807, 2.05) is 0 Å². The van der Waals surface area contributed by atoms with Crippen molar-refractivity contribution in [3.8, 4) is 0 Å². The molecule has 0 saturated carbocycles. The van der Waals surface area contributed by atoms with Crippen LogP contribution in [0.15, 0.2) is 18.2 Å². The summed E-state index contributed by atoms with van der Waals surface area (Å²) < 4.78 is 12.8. The molecule has 0 aliphatic carbocycles. The predicted octanol–water partition coefficient (Wildman–Crippen LogP) is 2.74. The largest absolute Gasteiger partial charge is 0.325 e. The molecule has 0 aromatic heterocycles. The molecule has 0 bridgehead atoms. The second-order valence-corrected chi connectivity index (χ2v) is 4.03. The van der Waals surface area contributed by atoms with Gasteiger partial charge < -0.3 is 5.32 Å². The molecular formula is C9H9ClFNOS. The van der Waals surface area contributed by atoms with Crippen molar-refractivity contribution in [3.05, 3.63) is 29.0 Å². The van der Waals surface area contributed by atoms with Crippen molar-refractivity contribution in [2.24, 2.45) is 0 Å². The molecule has 1 amide bonds. The average molecular weight is 234 g/mol. The standard InChI is InChI=1S/C9H9ClFNOS/c1-5(14)9(13)12-8-3-6(10)2-7(11)4-8/h2-5,14H,1H3,(H,12,13). The number of amides is 1. The van der Waals surface area contributed by atoms with Gasteiger partial charge in [0, 0.05) is 10.7 Å². The number of benzene rings is 1. The first kappa shape index (κ1) is 11.3. The topological polar surface area (TPSA) is 29.1 Å². The number of anilines is 1. The molecule has 1 rings (SSSR count). The van der Waals surface area contributed by atoms with Crippen molar-refractivity contribution >= 4 is 35.8 Å². The number of hydrogen-bond donors (Lipinski definition) is 2. The van der Waals surface area contributed by atoms with E-state index in [0.717, 1.165) is 0 Å². The molecule has 0 heterocycles. The molecule has 0 radical (unpaired) electrons. The van der Waals surface area contributed by atoms with Crippen molar-refractivity contribution in [2.75, 3.05) is 5.32 Å². The van der Waals surface area contributed by atoms with Crippen LogP contribution in [0, 0.1) is 5.82 Å². The summed E-state index contributed by atoms with van der Waals surface area (Å²) in [6.07, 6.45) is 0. The molecule has 0 fully saturated rings. The number of thiol groups is 1. The Labute approximate surface area is 91.9 Å². The Morgan fingerprint density at radius 1 is 1.57 bits per heavy atom. The maximum absolute atomic E-state index is 12.8. The summed E-state index contributed by atoms with van der Waals surface area (Å²) in [5.41, 5.74) is 0.334. The van der Waals surface area contributed by atoms with E-state index >= 15 is 0 Å². The van der Waals surface area contributed by atoms with Crippen LogP contribution < -0.4 is 5.32 Å². The zero-order chi connectivity index (χ0) is 10.7. The number of nitrogens with one attached hydrogen (secondary N) is 1. The molecule has 0 saturated heterocycles. The summed E-state index contributed by atoms with van der Waals surface area (Å²) in [5.74, 6) is -0.783. The summed E-state index contributed by atoms with van der Waals surface area (Å²) >= 11 is 9.54. The van der Waals surface area contributed by atoms with Gasteiger partial charge in [0.2, 0.25) is 5.91 Å². The minimum atomic E-state index is -0.486. The maximum Gasteiger partial charge on any atom is 0.236 e. The molecule has 0 spiro atoms. The third-order valence-corrected chi connectivity index (χ3v) is 1.96. The Balaban J connectivity index is 2.82. The Kier molecular flexibility index (Phi) is 3.77. The lowest BCUT2D eigenvalue weighted by molar-refractivity contribution is -0.115. The molecule has 1 unspecified atom stereocenters. The van der Waals surface area contributed by atoms with Crippen molar-refractivity contribution in [1.29, 1.82) is 0 Å². The van der Waals surface area contributed by atoms with Gasteiger partial charge >= 0.3 is 0 Å². The molecule has 2 nitrogen and oxygen atoms in total. The fraction of sp³-hybridized carbons (Fsp3) is 0.222. The van der Waals surface area contributed by atoms with E-state index in [2.05, 4.69) is 17.9 Å². The summed E-state index contributed by atoms with van der Waals surface area (Å²) in [5, 5.41) is 2.28. The molecular weight excluding hydrogens is 225 g/mol. The van der Waals surface area contributed by atoms with Gasteiger partial charge in [-0.3, -0.25) is 4.79 Å². The van der Waals surface area contributed by atoms with Gasteiger partial charge in [0.05, 0.1) is 5.25 Å². The molecule has 76 valence electrons. The Morgan fingerprint density at radius 2 is 2.21 bits per heavy atom. The van der Waals surface area contributed by atoms with Crippen LogP contribution in [-0.2, 0) is 4.79 Å². The van der Waals surface area contributed by atoms with E-state index in [-0.39, 0.29) is 10.9 Å². The van der Waals surface area contributed by atoms with Crippen LogP contribution in [0.2, 0.25) is 5.02 Å². The molecule has 1 aromatic rings. The highest BCUT2D eigenvalue weighted by molar-refractivity contribution is 7.81. The summed E-state index contributed by atoms with van der Waals surface area (Å²) in [6, 6.07) is 3.83. The lowest BCUT2D eigenvalue weighted by Gasteiger charge is -2.07.